The topological polar surface area (TPSA) is 54.9 Å². The van der Waals surface area contributed by atoms with Crippen LogP contribution in [0.1, 0.15) is 22.4 Å². The van der Waals surface area contributed by atoms with Gasteiger partial charge >= 0.3 is 11.9 Å². The summed E-state index contributed by atoms with van der Waals surface area (Å²) in [6.07, 6.45) is -4.77. The van der Waals surface area contributed by atoms with Gasteiger partial charge in [-0.15, -0.1) is 0 Å². The fourth-order valence-electron chi connectivity index (χ4n) is 2.38. The zero-order chi connectivity index (χ0) is 15.9. The Morgan fingerprint density at radius 2 is 1.52 bits per heavy atom. The second kappa shape index (κ2) is 4.91. The van der Waals surface area contributed by atoms with Gasteiger partial charge in [0.05, 0.1) is 5.69 Å². The first-order chi connectivity index (χ1) is 9.61. The van der Waals surface area contributed by atoms with Crippen LogP contribution < -0.4 is 11.2 Å². The summed E-state index contributed by atoms with van der Waals surface area (Å²) in [5, 5.41) is 0. The summed E-state index contributed by atoms with van der Waals surface area (Å²) in [6.45, 7) is 5.24. The van der Waals surface area contributed by atoms with Crippen LogP contribution in [0.25, 0.3) is 5.69 Å². The molecule has 21 heavy (non-hydrogen) atoms. The van der Waals surface area contributed by atoms with Crippen LogP contribution in [0.15, 0.2) is 27.8 Å². The highest BCUT2D eigenvalue weighted by atomic mass is 19.4. The van der Waals surface area contributed by atoms with Crippen molar-refractivity contribution in [1.29, 1.82) is 0 Å². The number of aromatic amines is 1. The smallest absolute Gasteiger partial charge is 0.303 e. The lowest BCUT2D eigenvalue weighted by molar-refractivity contribution is -0.141. The molecule has 2 aromatic rings. The lowest BCUT2D eigenvalue weighted by Crippen LogP contribution is -2.36. The molecule has 1 N–H and O–H groups in total. The summed E-state index contributed by atoms with van der Waals surface area (Å²) in [7, 11) is 0. The second-order valence-corrected chi connectivity index (χ2v) is 4.91. The van der Waals surface area contributed by atoms with E-state index in [1.54, 1.807) is 31.0 Å². The van der Waals surface area contributed by atoms with E-state index in [0.29, 0.717) is 22.9 Å². The third-order valence-electron chi connectivity index (χ3n) is 3.10. The third-order valence-corrected chi connectivity index (χ3v) is 3.10. The molecule has 2 rings (SSSR count). The maximum atomic E-state index is 12.6. The Hall–Kier alpha value is -2.31. The van der Waals surface area contributed by atoms with Crippen molar-refractivity contribution in [2.24, 2.45) is 0 Å². The quantitative estimate of drug-likeness (QED) is 0.879. The number of nitrogens with zero attached hydrogens (tertiary/aromatic N) is 1. The summed E-state index contributed by atoms with van der Waals surface area (Å²) in [6, 6.07) is 3.90. The van der Waals surface area contributed by atoms with E-state index in [0.717, 1.165) is 10.1 Å². The average molecular weight is 298 g/mol. The van der Waals surface area contributed by atoms with Gasteiger partial charge in [-0.2, -0.15) is 13.2 Å². The lowest BCUT2D eigenvalue weighted by atomic mass is 10.0. The number of aryl methyl sites for hydroxylation is 3. The van der Waals surface area contributed by atoms with Crippen LogP contribution in [-0.2, 0) is 6.18 Å². The van der Waals surface area contributed by atoms with Gasteiger partial charge in [0.25, 0.3) is 5.56 Å². The van der Waals surface area contributed by atoms with Crippen LogP contribution in [0.3, 0.4) is 0 Å². The Bertz CT molecular complexity index is 762. The van der Waals surface area contributed by atoms with Crippen molar-refractivity contribution in [3.8, 4) is 5.69 Å². The molecule has 0 fully saturated rings. The van der Waals surface area contributed by atoms with Gasteiger partial charge in [-0.1, -0.05) is 17.7 Å². The van der Waals surface area contributed by atoms with Crippen molar-refractivity contribution in [2.45, 2.75) is 26.9 Å². The number of benzene rings is 1. The normalized spacial score (nSPS) is 11.7. The Morgan fingerprint density at radius 1 is 1.00 bits per heavy atom. The minimum atomic E-state index is -4.77. The van der Waals surface area contributed by atoms with Crippen molar-refractivity contribution in [2.75, 3.05) is 0 Å². The molecule has 0 aliphatic rings. The molecule has 0 aliphatic carbocycles. The number of rotatable bonds is 1. The first kappa shape index (κ1) is 15.1. The van der Waals surface area contributed by atoms with Gasteiger partial charge in [0.1, 0.15) is 5.69 Å². The van der Waals surface area contributed by atoms with Crippen LogP contribution in [0.2, 0.25) is 0 Å². The van der Waals surface area contributed by atoms with Crippen LogP contribution in [0.5, 0.6) is 0 Å². The number of nitrogens with one attached hydrogen (secondary N) is 1. The highest BCUT2D eigenvalue weighted by Crippen LogP contribution is 2.26. The van der Waals surface area contributed by atoms with Gasteiger partial charge in [0.2, 0.25) is 0 Å². The molecule has 1 aromatic carbocycles. The predicted molar refractivity (Wildman–Crippen MR) is 71.9 cm³/mol. The van der Waals surface area contributed by atoms with Crippen LogP contribution in [0.4, 0.5) is 13.2 Å². The molecule has 112 valence electrons. The number of halogens is 3. The SMILES string of the molecule is Cc1cc(C)c(-n2c(=O)cc(C(F)(F)F)[nH]c2=O)c(C)c1. The summed E-state index contributed by atoms with van der Waals surface area (Å²) in [5.41, 5.74) is -0.951. The molecule has 1 heterocycles. The first-order valence-corrected chi connectivity index (χ1v) is 6.13. The van der Waals surface area contributed by atoms with Gasteiger partial charge in [0, 0.05) is 6.07 Å². The van der Waals surface area contributed by atoms with E-state index < -0.39 is 23.1 Å². The Labute approximate surface area is 117 Å². The molecule has 0 radical (unpaired) electrons. The number of aromatic nitrogens is 2. The van der Waals surface area contributed by atoms with Crippen molar-refractivity contribution in [3.63, 3.8) is 0 Å². The highest BCUT2D eigenvalue weighted by molar-refractivity contribution is 5.49. The van der Waals surface area contributed by atoms with Gasteiger partial charge in [-0.3, -0.25) is 4.79 Å². The molecule has 0 bridgehead atoms. The van der Waals surface area contributed by atoms with E-state index >= 15 is 0 Å². The molecule has 0 atom stereocenters. The van der Waals surface area contributed by atoms with Crippen molar-refractivity contribution in [3.05, 3.63) is 61.4 Å². The monoisotopic (exact) mass is 298 g/mol. The predicted octanol–water partition coefficient (Wildman–Crippen LogP) is 2.47. The van der Waals surface area contributed by atoms with E-state index in [2.05, 4.69) is 0 Å². The van der Waals surface area contributed by atoms with Crippen molar-refractivity contribution >= 4 is 0 Å². The molecule has 0 spiro atoms. The molecule has 1 aromatic heterocycles. The summed E-state index contributed by atoms with van der Waals surface area (Å²) >= 11 is 0. The van der Waals surface area contributed by atoms with E-state index in [-0.39, 0.29) is 0 Å². The van der Waals surface area contributed by atoms with Crippen LogP contribution >= 0.6 is 0 Å². The lowest BCUT2D eigenvalue weighted by Gasteiger charge is -2.14. The average Bonchev–Trinajstić information content (AvgIpc) is 2.29. The molecule has 0 saturated carbocycles. The standard InChI is InChI=1S/C14H13F3N2O2/c1-7-4-8(2)12(9(3)5-7)19-11(20)6-10(14(15,16)17)18-13(19)21/h4-6H,1-3H3,(H,18,21). The summed E-state index contributed by atoms with van der Waals surface area (Å²) in [5.74, 6) is 0. The maximum absolute atomic E-state index is 12.6. The number of H-pyrrole nitrogens is 1. The van der Waals surface area contributed by atoms with E-state index in [9.17, 15) is 22.8 Å². The molecule has 0 aliphatic heterocycles. The Kier molecular flexibility index (Phi) is 3.52. The van der Waals surface area contributed by atoms with Crippen molar-refractivity contribution in [1.82, 2.24) is 9.55 Å². The number of alkyl halides is 3. The summed E-state index contributed by atoms with van der Waals surface area (Å²) in [4.78, 5) is 25.6. The number of hydrogen-bond acceptors (Lipinski definition) is 2. The van der Waals surface area contributed by atoms with E-state index in [1.165, 1.54) is 0 Å². The van der Waals surface area contributed by atoms with Crippen molar-refractivity contribution < 1.29 is 13.2 Å². The highest BCUT2D eigenvalue weighted by Gasteiger charge is 2.33. The minimum Gasteiger partial charge on any atom is -0.303 e. The van der Waals surface area contributed by atoms with Crippen LogP contribution in [-0.4, -0.2) is 9.55 Å². The van der Waals surface area contributed by atoms with Gasteiger partial charge < -0.3 is 4.98 Å². The molecule has 0 unspecified atom stereocenters. The first-order valence-electron chi connectivity index (χ1n) is 6.13. The third kappa shape index (κ3) is 2.76. The molecule has 7 heteroatoms. The zero-order valence-corrected chi connectivity index (χ0v) is 11.6. The Balaban J connectivity index is 2.79. The van der Waals surface area contributed by atoms with E-state index in [4.69, 9.17) is 0 Å². The minimum absolute atomic E-state index is 0.306. The molecular formula is C14H13F3N2O2. The number of hydrogen-bond donors (Lipinski definition) is 1. The summed E-state index contributed by atoms with van der Waals surface area (Å²) < 4.78 is 38.4. The van der Waals surface area contributed by atoms with Gasteiger partial charge in [-0.25, -0.2) is 9.36 Å². The Morgan fingerprint density at radius 3 is 1.95 bits per heavy atom. The molecular weight excluding hydrogens is 285 g/mol. The van der Waals surface area contributed by atoms with E-state index in [1.807, 2.05) is 6.92 Å². The molecule has 0 amide bonds. The van der Waals surface area contributed by atoms with Gasteiger partial charge in [-0.05, 0) is 31.9 Å². The second-order valence-electron chi connectivity index (χ2n) is 4.91. The zero-order valence-electron chi connectivity index (χ0n) is 11.6. The largest absolute Gasteiger partial charge is 0.431 e. The fourth-order valence-corrected chi connectivity index (χ4v) is 2.38. The van der Waals surface area contributed by atoms with Gasteiger partial charge in [0.15, 0.2) is 0 Å². The maximum Gasteiger partial charge on any atom is 0.431 e. The molecule has 0 saturated heterocycles. The fraction of sp³-hybridized carbons (Fsp3) is 0.286. The van der Waals surface area contributed by atoms with Crippen LogP contribution in [0, 0.1) is 20.8 Å². The molecule has 4 nitrogen and oxygen atoms in total.